The number of thioether (sulfide) groups is 1. The van der Waals surface area contributed by atoms with Crippen LogP contribution < -0.4 is 5.32 Å². The molecular weight excluding hydrogens is 474 g/mol. The number of nitrogens with zero attached hydrogens (tertiary/aromatic N) is 3. The lowest BCUT2D eigenvalue weighted by molar-refractivity contribution is -0.113. The Balaban J connectivity index is 1.76. The lowest BCUT2D eigenvalue weighted by atomic mass is 10.2. The van der Waals surface area contributed by atoms with Crippen LogP contribution in [0, 0.1) is 0 Å². The Labute approximate surface area is 192 Å². The van der Waals surface area contributed by atoms with Crippen LogP contribution in [0.1, 0.15) is 0 Å². The third-order valence-electron chi connectivity index (χ3n) is 3.77. The SMILES string of the molecule is C=CCn1c(SCC(=O)Nc2c(Cl)c(Cl)cc(Cl)c2Cl)nnc1-c1ccccc1. The van der Waals surface area contributed by atoms with E-state index in [0.29, 0.717) is 17.5 Å². The molecule has 5 nitrogen and oxygen atoms in total. The molecule has 150 valence electrons. The van der Waals surface area contributed by atoms with Gasteiger partial charge >= 0.3 is 0 Å². The fourth-order valence-corrected chi connectivity index (χ4v) is 4.13. The molecule has 10 heteroatoms. The molecule has 0 aliphatic carbocycles. The van der Waals surface area contributed by atoms with Gasteiger partial charge in [0.1, 0.15) is 0 Å². The molecule has 1 N–H and O–H groups in total. The van der Waals surface area contributed by atoms with E-state index in [1.54, 1.807) is 6.08 Å². The van der Waals surface area contributed by atoms with Gasteiger partial charge in [0.15, 0.2) is 11.0 Å². The van der Waals surface area contributed by atoms with E-state index in [4.69, 9.17) is 46.4 Å². The normalized spacial score (nSPS) is 10.8. The first kappa shape index (κ1) is 22.0. The van der Waals surface area contributed by atoms with Gasteiger partial charge in [0.2, 0.25) is 5.91 Å². The zero-order chi connectivity index (χ0) is 21.0. The van der Waals surface area contributed by atoms with Gasteiger partial charge in [-0.05, 0) is 6.07 Å². The number of rotatable bonds is 7. The molecule has 1 amide bonds. The van der Waals surface area contributed by atoms with Crippen molar-refractivity contribution in [2.75, 3.05) is 11.1 Å². The van der Waals surface area contributed by atoms with E-state index in [1.165, 1.54) is 17.8 Å². The number of hydrogen-bond donors (Lipinski definition) is 1. The zero-order valence-corrected chi connectivity index (χ0v) is 18.7. The largest absolute Gasteiger partial charge is 0.323 e. The van der Waals surface area contributed by atoms with Crippen LogP contribution in [-0.4, -0.2) is 26.4 Å². The van der Waals surface area contributed by atoms with Crippen LogP contribution in [0.15, 0.2) is 54.2 Å². The molecule has 0 saturated heterocycles. The highest BCUT2D eigenvalue weighted by molar-refractivity contribution is 7.99. The summed E-state index contributed by atoms with van der Waals surface area (Å²) in [4.78, 5) is 12.4. The van der Waals surface area contributed by atoms with Gasteiger partial charge in [0, 0.05) is 12.1 Å². The van der Waals surface area contributed by atoms with Crippen molar-refractivity contribution in [2.45, 2.75) is 11.7 Å². The first-order valence-corrected chi connectivity index (χ1v) is 10.8. The smallest absolute Gasteiger partial charge is 0.234 e. The fraction of sp³-hybridized carbons (Fsp3) is 0.105. The van der Waals surface area contributed by atoms with Crippen molar-refractivity contribution in [3.05, 3.63) is 69.1 Å². The van der Waals surface area contributed by atoms with Crippen LogP contribution in [0.4, 0.5) is 5.69 Å². The van der Waals surface area contributed by atoms with E-state index < -0.39 is 0 Å². The second kappa shape index (κ2) is 9.87. The zero-order valence-electron chi connectivity index (χ0n) is 14.8. The van der Waals surface area contributed by atoms with Gasteiger partial charge in [-0.1, -0.05) is 94.6 Å². The number of allylic oxidation sites excluding steroid dienone is 1. The second-order valence-corrected chi connectivity index (χ2v) is 8.26. The average molecular weight is 488 g/mol. The number of carbonyl (C=O) groups excluding carboxylic acids is 1. The quantitative estimate of drug-likeness (QED) is 0.235. The summed E-state index contributed by atoms with van der Waals surface area (Å²) >= 11 is 25.5. The number of benzene rings is 2. The van der Waals surface area contributed by atoms with E-state index in [1.807, 2.05) is 34.9 Å². The van der Waals surface area contributed by atoms with Crippen molar-refractivity contribution >= 4 is 69.8 Å². The van der Waals surface area contributed by atoms with Crippen LogP contribution in [0.3, 0.4) is 0 Å². The summed E-state index contributed by atoms with van der Waals surface area (Å²) in [5, 5.41) is 12.3. The van der Waals surface area contributed by atoms with Crippen LogP contribution in [0.25, 0.3) is 11.4 Å². The molecule has 3 aromatic rings. The van der Waals surface area contributed by atoms with Crippen molar-refractivity contribution < 1.29 is 4.79 Å². The molecule has 1 aromatic heterocycles. The van der Waals surface area contributed by atoms with Crippen LogP contribution >= 0.6 is 58.2 Å². The molecule has 0 bridgehead atoms. The van der Waals surface area contributed by atoms with E-state index >= 15 is 0 Å². The van der Waals surface area contributed by atoms with Crippen molar-refractivity contribution in [3.8, 4) is 11.4 Å². The van der Waals surface area contributed by atoms with Crippen molar-refractivity contribution in [3.63, 3.8) is 0 Å². The van der Waals surface area contributed by atoms with Gasteiger partial charge in [-0.25, -0.2) is 0 Å². The van der Waals surface area contributed by atoms with Gasteiger partial charge in [0.05, 0.1) is 31.5 Å². The van der Waals surface area contributed by atoms with Gasteiger partial charge in [-0.3, -0.25) is 9.36 Å². The molecule has 29 heavy (non-hydrogen) atoms. The average Bonchev–Trinajstić information content (AvgIpc) is 3.12. The molecule has 0 unspecified atom stereocenters. The molecule has 0 saturated carbocycles. The number of carbonyl (C=O) groups is 1. The molecule has 2 aromatic carbocycles. The van der Waals surface area contributed by atoms with E-state index in [-0.39, 0.29) is 37.4 Å². The number of anilines is 1. The van der Waals surface area contributed by atoms with Gasteiger partial charge in [-0.15, -0.1) is 16.8 Å². The predicted molar refractivity (Wildman–Crippen MR) is 121 cm³/mol. The molecule has 1 heterocycles. The summed E-state index contributed by atoms with van der Waals surface area (Å²) in [6, 6.07) is 11.1. The maximum absolute atomic E-state index is 12.4. The maximum atomic E-state index is 12.4. The first-order chi connectivity index (χ1) is 13.9. The highest BCUT2D eigenvalue weighted by Gasteiger charge is 2.18. The molecule has 0 spiro atoms. The maximum Gasteiger partial charge on any atom is 0.234 e. The van der Waals surface area contributed by atoms with E-state index in [9.17, 15) is 4.79 Å². The third-order valence-corrected chi connectivity index (χ3v) is 6.31. The molecular formula is C19H14Cl4N4OS. The summed E-state index contributed by atoms with van der Waals surface area (Å²) in [5.74, 6) is 0.411. The Morgan fingerprint density at radius 2 is 1.76 bits per heavy atom. The van der Waals surface area contributed by atoms with E-state index in [0.717, 1.165) is 5.56 Å². The summed E-state index contributed by atoms with van der Waals surface area (Å²) in [6.07, 6.45) is 1.74. The number of nitrogens with one attached hydrogen (secondary N) is 1. The minimum absolute atomic E-state index is 0.0564. The summed E-state index contributed by atoms with van der Waals surface area (Å²) in [7, 11) is 0. The number of aromatic nitrogens is 3. The molecule has 0 aliphatic rings. The van der Waals surface area contributed by atoms with Crippen LogP contribution in [-0.2, 0) is 11.3 Å². The highest BCUT2D eigenvalue weighted by atomic mass is 35.5. The topological polar surface area (TPSA) is 59.8 Å². The Kier molecular flexibility index (Phi) is 7.49. The Bertz CT molecular complexity index is 1030. The molecule has 0 aliphatic heterocycles. The molecule has 0 radical (unpaired) electrons. The number of halogens is 4. The lowest BCUT2D eigenvalue weighted by Gasteiger charge is -2.12. The molecule has 0 fully saturated rings. The Hall–Kier alpha value is -1.70. The third kappa shape index (κ3) is 5.08. The summed E-state index contributed by atoms with van der Waals surface area (Å²) < 4.78 is 1.89. The number of amides is 1. The van der Waals surface area contributed by atoms with Crippen LogP contribution in [0.5, 0.6) is 0 Å². The first-order valence-electron chi connectivity index (χ1n) is 8.27. The van der Waals surface area contributed by atoms with Crippen LogP contribution in [0.2, 0.25) is 20.1 Å². The minimum Gasteiger partial charge on any atom is -0.323 e. The van der Waals surface area contributed by atoms with Crippen molar-refractivity contribution in [1.82, 2.24) is 14.8 Å². The van der Waals surface area contributed by atoms with Gasteiger partial charge in [-0.2, -0.15) is 0 Å². The standard InChI is InChI=1S/C19H14Cl4N4OS/c1-2-8-27-18(11-6-4-3-5-7-11)25-26-19(27)29-10-14(28)24-17-15(22)12(20)9-13(21)16(17)23/h2-7,9H,1,8,10H2,(H,24,28). The highest BCUT2D eigenvalue weighted by Crippen LogP contribution is 2.41. The second-order valence-electron chi connectivity index (χ2n) is 5.75. The van der Waals surface area contributed by atoms with Crippen molar-refractivity contribution in [1.29, 1.82) is 0 Å². The summed E-state index contributed by atoms with van der Waals surface area (Å²) in [5.41, 5.74) is 1.10. The predicted octanol–water partition coefficient (Wildman–Crippen LogP) is 6.48. The Morgan fingerprint density at radius 3 is 2.38 bits per heavy atom. The van der Waals surface area contributed by atoms with Gasteiger partial charge in [0.25, 0.3) is 0 Å². The molecule has 3 rings (SSSR count). The lowest BCUT2D eigenvalue weighted by Crippen LogP contribution is -2.15. The molecule has 0 atom stereocenters. The van der Waals surface area contributed by atoms with Gasteiger partial charge < -0.3 is 5.32 Å². The number of hydrogen-bond acceptors (Lipinski definition) is 4. The van der Waals surface area contributed by atoms with Crippen molar-refractivity contribution in [2.24, 2.45) is 0 Å². The Morgan fingerprint density at radius 1 is 1.10 bits per heavy atom. The monoisotopic (exact) mass is 486 g/mol. The fourth-order valence-electron chi connectivity index (χ4n) is 2.48. The summed E-state index contributed by atoms with van der Waals surface area (Å²) in [6.45, 7) is 4.28. The minimum atomic E-state index is -0.341. The van der Waals surface area contributed by atoms with E-state index in [2.05, 4.69) is 22.1 Å².